The van der Waals surface area contributed by atoms with Crippen LogP contribution in [-0.2, 0) is 20.9 Å². The standard InChI is InChI=1S/C12H12ClFO3/c1-2-10(15)12(13,14)11(16)17-8-9-6-4-3-5-7-9/h3-7H,2,8H2,1H3/t12-/m1/s1. The monoisotopic (exact) mass is 258 g/mol. The van der Waals surface area contributed by atoms with Crippen molar-refractivity contribution in [2.75, 3.05) is 0 Å². The molecule has 1 atom stereocenters. The van der Waals surface area contributed by atoms with Gasteiger partial charge in [0.25, 0.3) is 0 Å². The molecule has 1 rings (SSSR count). The van der Waals surface area contributed by atoms with Gasteiger partial charge in [-0.2, -0.15) is 0 Å². The van der Waals surface area contributed by atoms with Crippen LogP contribution < -0.4 is 0 Å². The Morgan fingerprint density at radius 1 is 1.35 bits per heavy atom. The van der Waals surface area contributed by atoms with E-state index in [1.54, 1.807) is 30.3 Å². The molecule has 0 heterocycles. The topological polar surface area (TPSA) is 43.4 Å². The van der Waals surface area contributed by atoms with E-state index in [1.165, 1.54) is 6.92 Å². The Morgan fingerprint density at radius 3 is 2.47 bits per heavy atom. The molecule has 0 saturated heterocycles. The number of rotatable bonds is 5. The fourth-order valence-corrected chi connectivity index (χ4v) is 1.34. The van der Waals surface area contributed by atoms with Crippen LogP contribution in [-0.4, -0.2) is 16.9 Å². The highest BCUT2D eigenvalue weighted by Gasteiger charge is 2.44. The van der Waals surface area contributed by atoms with Crippen molar-refractivity contribution >= 4 is 23.4 Å². The quantitative estimate of drug-likeness (QED) is 0.463. The minimum Gasteiger partial charge on any atom is -0.457 e. The van der Waals surface area contributed by atoms with E-state index in [2.05, 4.69) is 4.74 Å². The zero-order valence-corrected chi connectivity index (χ0v) is 10.0. The summed E-state index contributed by atoms with van der Waals surface area (Å²) in [6.45, 7) is 1.30. The number of hydrogen-bond donors (Lipinski definition) is 0. The van der Waals surface area contributed by atoms with Gasteiger partial charge in [-0.1, -0.05) is 48.9 Å². The number of ether oxygens (including phenoxy) is 1. The fourth-order valence-electron chi connectivity index (χ4n) is 1.15. The van der Waals surface area contributed by atoms with Gasteiger partial charge in [0.2, 0.25) is 0 Å². The molecular weight excluding hydrogens is 247 g/mol. The summed E-state index contributed by atoms with van der Waals surface area (Å²) >= 11 is 5.21. The van der Waals surface area contributed by atoms with E-state index in [0.717, 1.165) is 0 Å². The lowest BCUT2D eigenvalue weighted by molar-refractivity contribution is -0.157. The molecule has 1 aromatic rings. The van der Waals surface area contributed by atoms with Gasteiger partial charge in [-0.05, 0) is 5.56 Å². The second kappa shape index (κ2) is 5.77. The molecule has 0 N–H and O–H groups in total. The highest BCUT2D eigenvalue weighted by molar-refractivity contribution is 6.44. The van der Waals surface area contributed by atoms with Crippen LogP contribution in [0, 0.1) is 0 Å². The number of alkyl halides is 2. The number of halogens is 2. The number of carbonyl (C=O) groups excluding carboxylic acids is 2. The Morgan fingerprint density at radius 2 is 1.94 bits per heavy atom. The van der Waals surface area contributed by atoms with Gasteiger partial charge < -0.3 is 4.74 Å². The third-order valence-electron chi connectivity index (χ3n) is 2.14. The smallest absolute Gasteiger partial charge is 0.368 e. The highest BCUT2D eigenvalue weighted by atomic mass is 35.5. The molecule has 0 spiro atoms. The number of ketones is 1. The molecule has 0 bridgehead atoms. The third kappa shape index (κ3) is 3.53. The van der Waals surface area contributed by atoms with Crippen molar-refractivity contribution in [2.45, 2.75) is 25.1 Å². The van der Waals surface area contributed by atoms with E-state index in [9.17, 15) is 14.0 Å². The van der Waals surface area contributed by atoms with Crippen LogP contribution in [0.2, 0.25) is 0 Å². The lowest BCUT2D eigenvalue weighted by atomic mass is 10.2. The first kappa shape index (κ1) is 13.6. The molecule has 0 saturated carbocycles. The minimum atomic E-state index is -3.08. The lowest BCUT2D eigenvalue weighted by Gasteiger charge is -2.14. The maximum atomic E-state index is 13.5. The second-order valence-electron chi connectivity index (χ2n) is 3.41. The summed E-state index contributed by atoms with van der Waals surface area (Å²) in [5.74, 6) is -2.37. The van der Waals surface area contributed by atoms with Gasteiger partial charge in [-0.15, -0.1) is 0 Å². The van der Waals surface area contributed by atoms with Gasteiger partial charge in [0.15, 0.2) is 5.78 Å². The molecule has 0 unspecified atom stereocenters. The summed E-state index contributed by atoms with van der Waals surface area (Å²) < 4.78 is 18.2. The van der Waals surface area contributed by atoms with Crippen molar-refractivity contribution in [2.24, 2.45) is 0 Å². The van der Waals surface area contributed by atoms with Crippen molar-refractivity contribution in [3.05, 3.63) is 35.9 Å². The van der Waals surface area contributed by atoms with Crippen LogP contribution >= 0.6 is 11.6 Å². The first-order valence-corrected chi connectivity index (χ1v) is 5.48. The molecule has 3 nitrogen and oxygen atoms in total. The second-order valence-corrected chi connectivity index (χ2v) is 3.93. The summed E-state index contributed by atoms with van der Waals surface area (Å²) in [6.07, 6.45) is -0.166. The Labute approximate surface area is 104 Å². The van der Waals surface area contributed by atoms with E-state index in [1.807, 2.05) is 0 Å². The van der Waals surface area contributed by atoms with Crippen LogP contribution in [0.4, 0.5) is 4.39 Å². The number of benzene rings is 1. The first-order valence-electron chi connectivity index (χ1n) is 5.10. The molecule has 0 aliphatic carbocycles. The van der Waals surface area contributed by atoms with Gasteiger partial charge in [0, 0.05) is 6.42 Å². The molecule has 17 heavy (non-hydrogen) atoms. The summed E-state index contributed by atoms with van der Waals surface area (Å²) in [4.78, 5) is 22.4. The molecule has 92 valence electrons. The fraction of sp³-hybridized carbons (Fsp3) is 0.333. The largest absolute Gasteiger partial charge is 0.457 e. The van der Waals surface area contributed by atoms with Crippen LogP contribution in [0.1, 0.15) is 18.9 Å². The van der Waals surface area contributed by atoms with Crippen molar-refractivity contribution in [3.63, 3.8) is 0 Å². The Bertz CT molecular complexity index is 403. The molecule has 0 aliphatic rings. The van der Waals surface area contributed by atoms with Crippen LogP contribution in [0.5, 0.6) is 0 Å². The summed E-state index contributed by atoms with van der Waals surface area (Å²) in [7, 11) is 0. The average molecular weight is 259 g/mol. The van der Waals surface area contributed by atoms with Crippen LogP contribution in [0.25, 0.3) is 0 Å². The SMILES string of the molecule is CCC(=O)[C@](F)(Cl)C(=O)OCc1ccccc1. The van der Waals surface area contributed by atoms with Crippen molar-refractivity contribution < 1.29 is 18.7 Å². The van der Waals surface area contributed by atoms with Gasteiger partial charge in [0.1, 0.15) is 6.61 Å². The molecule has 0 aromatic heterocycles. The van der Waals surface area contributed by atoms with E-state index in [-0.39, 0.29) is 13.0 Å². The molecule has 0 amide bonds. The lowest BCUT2D eigenvalue weighted by Crippen LogP contribution is -2.37. The number of hydrogen-bond acceptors (Lipinski definition) is 3. The summed E-state index contributed by atoms with van der Waals surface area (Å²) in [6, 6.07) is 8.73. The zero-order chi connectivity index (χ0) is 12.9. The maximum Gasteiger partial charge on any atom is 0.368 e. The first-order chi connectivity index (χ1) is 7.98. The molecule has 0 fully saturated rings. The van der Waals surface area contributed by atoms with Gasteiger partial charge in [-0.3, -0.25) is 4.79 Å². The van der Waals surface area contributed by atoms with Crippen LogP contribution in [0.3, 0.4) is 0 Å². The number of Topliss-reactive ketones (excluding diaryl/α,β-unsaturated/α-hetero) is 1. The molecule has 5 heteroatoms. The van der Waals surface area contributed by atoms with Crippen molar-refractivity contribution in [3.8, 4) is 0 Å². The van der Waals surface area contributed by atoms with E-state index in [0.29, 0.717) is 5.56 Å². The summed E-state index contributed by atoms with van der Waals surface area (Å²) in [5, 5.41) is -3.08. The normalized spacial score (nSPS) is 13.8. The molecular formula is C12H12ClFO3. The van der Waals surface area contributed by atoms with Crippen molar-refractivity contribution in [1.29, 1.82) is 0 Å². The predicted molar refractivity (Wildman–Crippen MR) is 61.2 cm³/mol. The van der Waals surface area contributed by atoms with E-state index < -0.39 is 16.9 Å². The zero-order valence-electron chi connectivity index (χ0n) is 9.28. The average Bonchev–Trinajstić information content (AvgIpc) is 2.35. The Kier molecular flexibility index (Phi) is 4.63. The third-order valence-corrected chi connectivity index (χ3v) is 2.51. The maximum absolute atomic E-state index is 13.5. The van der Waals surface area contributed by atoms with Gasteiger partial charge >= 0.3 is 11.1 Å². The van der Waals surface area contributed by atoms with Gasteiger partial charge in [-0.25, -0.2) is 9.18 Å². The number of carbonyl (C=O) groups is 2. The Balaban J connectivity index is 2.58. The van der Waals surface area contributed by atoms with Crippen LogP contribution in [0.15, 0.2) is 30.3 Å². The number of esters is 1. The molecule has 1 aromatic carbocycles. The molecule has 0 radical (unpaired) electrons. The minimum absolute atomic E-state index is 0.116. The molecule has 0 aliphatic heterocycles. The van der Waals surface area contributed by atoms with Crippen molar-refractivity contribution in [1.82, 2.24) is 0 Å². The predicted octanol–water partition coefficient (Wildman–Crippen LogP) is 2.61. The Hall–Kier alpha value is -1.42. The van der Waals surface area contributed by atoms with Gasteiger partial charge in [0.05, 0.1) is 0 Å². The highest BCUT2D eigenvalue weighted by Crippen LogP contribution is 2.22. The van der Waals surface area contributed by atoms with E-state index in [4.69, 9.17) is 11.6 Å². The summed E-state index contributed by atoms with van der Waals surface area (Å²) in [5.41, 5.74) is 0.692. The van der Waals surface area contributed by atoms with E-state index >= 15 is 0 Å².